The second-order valence-electron chi connectivity index (χ2n) is 5.53. The van der Waals surface area contributed by atoms with Crippen molar-refractivity contribution in [1.82, 2.24) is 15.1 Å². The van der Waals surface area contributed by atoms with E-state index in [1.54, 1.807) is 0 Å². The van der Waals surface area contributed by atoms with E-state index in [9.17, 15) is 0 Å². The first-order chi connectivity index (χ1) is 10.1. The SMILES string of the molecule is CCCNCC(Cc1cc(C)nn1C)c1ccccc1Br. The van der Waals surface area contributed by atoms with Crippen molar-refractivity contribution in [3.05, 3.63) is 51.8 Å². The van der Waals surface area contributed by atoms with Gasteiger partial charge < -0.3 is 5.32 Å². The van der Waals surface area contributed by atoms with E-state index in [0.717, 1.165) is 31.6 Å². The summed E-state index contributed by atoms with van der Waals surface area (Å²) in [5, 5.41) is 8.02. The van der Waals surface area contributed by atoms with Gasteiger partial charge in [-0.3, -0.25) is 4.68 Å². The predicted octanol–water partition coefficient (Wildman–Crippen LogP) is 3.82. The van der Waals surface area contributed by atoms with Crippen molar-refractivity contribution in [2.45, 2.75) is 32.6 Å². The van der Waals surface area contributed by atoms with E-state index in [1.807, 2.05) is 18.7 Å². The van der Waals surface area contributed by atoms with Gasteiger partial charge in [0.05, 0.1) is 5.69 Å². The average Bonchev–Trinajstić information content (AvgIpc) is 2.77. The summed E-state index contributed by atoms with van der Waals surface area (Å²) in [4.78, 5) is 0. The smallest absolute Gasteiger partial charge is 0.0596 e. The van der Waals surface area contributed by atoms with Gasteiger partial charge in [0, 0.05) is 29.7 Å². The lowest BCUT2D eigenvalue weighted by molar-refractivity contribution is 0.556. The molecule has 2 rings (SSSR count). The summed E-state index contributed by atoms with van der Waals surface area (Å²) in [5.74, 6) is 0.446. The molecule has 0 aliphatic rings. The van der Waals surface area contributed by atoms with Gasteiger partial charge in [-0.2, -0.15) is 5.10 Å². The van der Waals surface area contributed by atoms with Crippen molar-refractivity contribution in [1.29, 1.82) is 0 Å². The van der Waals surface area contributed by atoms with Crippen molar-refractivity contribution in [2.75, 3.05) is 13.1 Å². The van der Waals surface area contributed by atoms with Crippen LogP contribution < -0.4 is 5.32 Å². The van der Waals surface area contributed by atoms with Crippen molar-refractivity contribution in [2.24, 2.45) is 7.05 Å². The second kappa shape index (κ2) is 7.76. The van der Waals surface area contributed by atoms with E-state index >= 15 is 0 Å². The molecule has 1 aromatic heterocycles. The Balaban J connectivity index is 2.19. The van der Waals surface area contributed by atoms with E-state index < -0.39 is 0 Å². The van der Waals surface area contributed by atoms with E-state index in [2.05, 4.69) is 63.6 Å². The molecule has 3 nitrogen and oxygen atoms in total. The fraction of sp³-hybridized carbons (Fsp3) is 0.471. The van der Waals surface area contributed by atoms with Gasteiger partial charge in [-0.1, -0.05) is 41.1 Å². The minimum atomic E-state index is 0.446. The largest absolute Gasteiger partial charge is 0.316 e. The zero-order valence-corrected chi connectivity index (χ0v) is 14.7. The number of aryl methyl sites for hydroxylation is 2. The molecule has 0 bridgehead atoms. The third kappa shape index (κ3) is 4.42. The Labute approximate surface area is 135 Å². The quantitative estimate of drug-likeness (QED) is 0.770. The zero-order chi connectivity index (χ0) is 15.2. The number of halogens is 1. The first-order valence-electron chi connectivity index (χ1n) is 7.56. The minimum absolute atomic E-state index is 0.446. The number of hydrogen-bond donors (Lipinski definition) is 1. The van der Waals surface area contributed by atoms with Crippen LogP contribution in [0.2, 0.25) is 0 Å². The number of benzene rings is 1. The maximum atomic E-state index is 4.46. The Kier molecular flexibility index (Phi) is 6.00. The minimum Gasteiger partial charge on any atom is -0.316 e. The molecule has 0 spiro atoms. The summed E-state index contributed by atoms with van der Waals surface area (Å²) < 4.78 is 3.19. The molecule has 0 radical (unpaired) electrons. The fourth-order valence-corrected chi connectivity index (χ4v) is 3.27. The van der Waals surface area contributed by atoms with Gasteiger partial charge in [0.15, 0.2) is 0 Å². The molecule has 1 heterocycles. The Morgan fingerprint density at radius 1 is 1.33 bits per heavy atom. The van der Waals surface area contributed by atoms with Crippen molar-refractivity contribution in [3.63, 3.8) is 0 Å². The van der Waals surface area contributed by atoms with Crippen LogP contribution in [0.1, 0.15) is 36.2 Å². The maximum Gasteiger partial charge on any atom is 0.0596 e. The van der Waals surface area contributed by atoms with Gasteiger partial charge in [0.1, 0.15) is 0 Å². The summed E-state index contributed by atoms with van der Waals surface area (Å²) in [6.07, 6.45) is 2.16. The van der Waals surface area contributed by atoms with Crippen molar-refractivity contribution >= 4 is 15.9 Å². The van der Waals surface area contributed by atoms with Gasteiger partial charge in [0.25, 0.3) is 0 Å². The molecule has 0 fully saturated rings. The third-order valence-corrected chi connectivity index (χ3v) is 4.44. The Bertz CT molecular complexity index is 577. The summed E-state index contributed by atoms with van der Waals surface area (Å²) in [6, 6.07) is 10.7. The molecule has 0 aliphatic heterocycles. The predicted molar refractivity (Wildman–Crippen MR) is 91.7 cm³/mol. The monoisotopic (exact) mass is 349 g/mol. The van der Waals surface area contributed by atoms with Crippen LogP contribution in [0.3, 0.4) is 0 Å². The van der Waals surface area contributed by atoms with Gasteiger partial charge in [-0.05, 0) is 44.0 Å². The van der Waals surface area contributed by atoms with E-state index in [4.69, 9.17) is 0 Å². The van der Waals surface area contributed by atoms with Crippen LogP contribution in [0.15, 0.2) is 34.8 Å². The highest BCUT2D eigenvalue weighted by molar-refractivity contribution is 9.10. The number of nitrogens with zero attached hydrogens (tertiary/aromatic N) is 2. The maximum absolute atomic E-state index is 4.46. The molecular weight excluding hydrogens is 326 g/mol. The van der Waals surface area contributed by atoms with Crippen LogP contribution >= 0.6 is 15.9 Å². The lowest BCUT2D eigenvalue weighted by Crippen LogP contribution is -2.24. The molecule has 1 N–H and O–H groups in total. The van der Waals surface area contributed by atoms with Crippen molar-refractivity contribution in [3.8, 4) is 0 Å². The molecule has 21 heavy (non-hydrogen) atoms. The van der Waals surface area contributed by atoms with Gasteiger partial charge in [-0.25, -0.2) is 0 Å². The highest BCUT2D eigenvalue weighted by atomic mass is 79.9. The van der Waals surface area contributed by atoms with E-state index in [-0.39, 0.29) is 0 Å². The van der Waals surface area contributed by atoms with Crippen LogP contribution in [0.25, 0.3) is 0 Å². The van der Waals surface area contributed by atoms with Crippen LogP contribution in [-0.4, -0.2) is 22.9 Å². The van der Waals surface area contributed by atoms with Crippen LogP contribution in [0.5, 0.6) is 0 Å². The third-order valence-electron chi connectivity index (χ3n) is 3.72. The Hall–Kier alpha value is -1.13. The van der Waals surface area contributed by atoms with E-state index in [0.29, 0.717) is 5.92 Å². The number of rotatable bonds is 7. The molecule has 0 saturated carbocycles. The zero-order valence-electron chi connectivity index (χ0n) is 13.1. The molecule has 1 aromatic carbocycles. The lowest BCUT2D eigenvalue weighted by Gasteiger charge is -2.19. The van der Waals surface area contributed by atoms with Crippen LogP contribution in [0.4, 0.5) is 0 Å². The summed E-state index contributed by atoms with van der Waals surface area (Å²) in [7, 11) is 2.03. The van der Waals surface area contributed by atoms with Crippen LogP contribution in [0, 0.1) is 6.92 Å². The number of nitrogens with one attached hydrogen (secondary N) is 1. The standard InChI is InChI=1S/C17H24BrN3/c1-4-9-19-12-14(16-7-5-6-8-17(16)18)11-15-10-13(2)20-21(15)3/h5-8,10,14,19H,4,9,11-12H2,1-3H3. The fourth-order valence-electron chi connectivity index (χ4n) is 2.66. The highest BCUT2D eigenvalue weighted by Gasteiger charge is 2.17. The summed E-state index contributed by atoms with van der Waals surface area (Å²) in [5.41, 5.74) is 3.73. The molecule has 1 atom stereocenters. The van der Waals surface area contributed by atoms with Crippen LogP contribution in [-0.2, 0) is 13.5 Å². The highest BCUT2D eigenvalue weighted by Crippen LogP contribution is 2.27. The Morgan fingerprint density at radius 3 is 2.71 bits per heavy atom. The van der Waals surface area contributed by atoms with Crippen molar-refractivity contribution < 1.29 is 0 Å². The normalized spacial score (nSPS) is 12.6. The second-order valence-corrected chi connectivity index (χ2v) is 6.38. The molecular formula is C17H24BrN3. The first kappa shape index (κ1) is 16.2. The molecule has 114 valence electrons. The van der Waals surface area contributed by atoms with Gasteiger partial charge in [0.2, 0.25) is 0 Å². The number of hydrogen-bond acceptors (Lipinski definition) is 2. The topological polar surface area (TPSA) is 29.9 Å². The molecule has 2 aromatic rings. The molecule has 1 unspecified atom stereocenters. The number of aromatic nitrogens is 2. The molecule has 4 heteroatoms. The molecule has 0 saturated heterocycles. The first-order valence-corrected chi connectivity index (χ1v) is 8.35. The Morgan fingerprint density at radius 2 is 2.10 bits per heavy atom. The van der Waals surface area contributed by atoms with E-state index in [1.165, 1.54) is 15.7 Å². The summed E-state index contributed by atoms with van der Waals surface area (Å²) in [6.45, 7) is 6.29. The average molecular weight is 350 g/mol. The molecule has 0 aliphatic carbocycles. The molecule has 0 amide bonds. The van der Waals surface area contributed by atoms with Gasteiger partial charge in [-0.15, -0.1) is 0 Å². The lowest BCUT2D eigenvalue weighted by atomic mass is 9.94. The summed E-state index contributed by atoms with van der Waals surface area (Å²) >= 11 is 3.69. The van der Waals surface area contributed by atoms with Gasteiger partial charge >= 0.3 is 0 Å².